The quantitative estimate of drug-likeness (QED) is 0.708. The second-order valence-corrected chi connectivity index (χ2v) is 3.92. The molecule has 0 aliphatic rings. The molecule has 5 heteroatoms. The molecule has 2 N–H and O–H groups in total. The lowest BCUT2D eigenvalue weighted by atomic mass is 10.2. The van der Waals surface area contributed by atoms with Gasteiger partial charge in [0.25, 0.3) is 0 Å². The molecule has 0 unspecified atom stereocenters. The van der Waals surface area contributed by atoms with Gasteiger partial charge < -0.3 is 15.4 Å². The van der Waals surface area contributed by atoms with Gasteiger partial charge in [-0.3, -0.25) is 9.59 Å². The summed E-state index contributed by atoms with van der Waals surface area (Å²) in [5.74, 6) is -0.696. The highest BCUT2D eigenvalue weighted by atomic mass is 16.5. The van der Waals surface area contributed by atoms with E-state index in [-0.39, 0.29) is 12.5 Å². The Kier molecular flexibility index (Phi) is 6.32. The van der Waals surface area contributed by atoms with Gasteiger partial charge in [0.15, 0.2) is 0 Å². The Morgan fingerprint density at radius 2 is 2.05 bits per heavy atom. The van der Waals surface area contributed by atoms with E-state index in [9.17, 15) is 9.59 Å². The van der Waals surface area contributed by atoms with Crippen LogP contribution in [-0.4, -0.2) is 31.6 Å². The van der Waals surface area contributed by atoms with Gasteiger partial charge in [-0.05, 0) is 11.6 Å². The number of amides is 2. The molecule has 1 aromatic carbocycles. The Morgan fingerprint density at radius 1 is 1.37 bits per heavy atom. The largest absolute Gasteiger partial charge is 0.382 e. The van der Waals surface area contributed by atoms with Crippen molar-refractivity contribution in [3.05, 3.63) is 48.6 Å². The maximum absolute atomic E-state index is 11.9. The van der Waals surface area contributed by atoms with E-state index < -0.39 is 11.9 Å². The Labute approximate surface area is 112 Å². The maximum atomic E-state index is 11.9. The Morgan fingerprint density at radius 3 is 2.63 bits per heavy atom. The van der Waals surface area contributed by atoms with Gasteiger partial charge in [0.1, 0.15) is 6.04 Å². The number of hydrogen-bond donors (Lipinski definition) is 2. The van der Waals surface area contributed by atoms with Gasteiger partial charge >= 0.3 is 0 Å². The molecule has 5 nitrogen and oxygen atoms in total. The van der Waals surface area contributed by atoms with Crippen molar-refractivity contribution >= 4 is 11.8 Å². The molecule has 0 heterocycles. The van der Waals surface area contributed by atoms with Crippen molar-refractivity contribution in [1.82, 2.24) is 10.6 Å². The topological polar surface area (TPSA) is 67.4 Å². The van der Waals surface area contributed by atoms with Crippen molar-refractivity contribution in [2.24, 2.45) is 0 Å². The van der Waals surface area contributed by atoms with E-state index in [1.165, 1.54) is 7.11 Å². The average molecular weight is 262 g/mol. The molecular formula is C14H18N2O3. The van der Waals surface area contributed by atoms with E-state index >= 15 is 0 Å². The lowest BCUT2D eigenvalue weighted by Crippen LogP contribution is -2.48. The first kappa shape index (κ1) is 14.9. The van der Waals surface area contributed by atoms with Gasteiger partial charge in [-0.2, -0.15) is 0 Å². The number of benzene rings is 1. The third-order valence-electron chi connectivity index (χ3n) is 2.46. The third kappa shape index (κ3) is 5.35. The van der Waals surface area contributed by atoms with Gasteiger partial charge in [-0.15, -0.1) is 0 Å². The number of carbonyl (C=O) groups is 2. The zero-order valence-corrected chi connectivity index (χ0v) is 10.9. The number of hydrogen-bond acceptors (Lipinski definition) is 3. The fourth-order valence-corrected chi connectivity index (χ4v) is 1.49. The molecule has 0 saturated carbocycles. The molecule has 0 saturated heterocycles. The van der Waals surface area contributed by atoms with Crippen LogP contribution in [0.2, 0.25) is 0 Å². The molecule has 19 heavy (non-hydrogen) atoms. The molecule has 0 bridgehead atoms. The number of methoxy groups -OCH3 is 1. The molecule has 0 aromatic heterocycles. The van der Waals surface area contributed by atoms with Crippen LogP contribution >= 0.6 is 0 Å². The van der Waals surface area contributed by atoms with E-state index in [4.69, 9.17) is 4.74 Å². The first-order valence-corrected chi connectivity index (χ1v) is 5.91. The zero-order valence-electron chi connectivity index (χ0n) is 10.9. The molecule has 0 aliphatic carbocycles. The third-order valence-corrected chi connectivity index (χ3v) is 2.46. The van der Waals surface area contributed by atoms with E-state index in [1.807, 2.05) is 30.3 Å². The van der Waals surface area contributed by atoms with Crippen molar-refractivity contribution < 1.29 is 14.3 Å². The molecule has 0 radical (unpaired) electrons. The minimum absolute atomic E-state index is 0.111. The van der Waals surface area contributed by atoms with Gasteiger partial charge in [0.05, 0.1) is 6.61 Å². The zero-order chi connectivity index (χ0) is 14.1. The summed E-state index contributed by atoms with van der Waals surface area (Å²) >= 11 is 0. The number of nitrogens with one attached hydrogen (secondary N) is 2. The molecule has 0 spiro atoms. The van der Waals surface area contributed by atoms with Crippen molar-refractivity contribution in [1.29, 1.82) is 0 Å². The van der Waals surface area contributed by atoms with Crippen LogP contribution in [0.4, 0.5) is 0 Å². The van der Waals surface area contributed by atoms with Crippen LogP contribution in [0, 0.1) is 0 Å². The number of ether oxygens (including phenoxy) is 1. The van der Waals surface area contributed by atoms with Crippen LogP contribution in [0.3, 0.4) is 0 Å². The molecule has 0 aliphatic heterocycles. The number of carbonyl (C=O) groups excluding carboxylic acids is 2. The van der Waals surface area contributed by atoms with Gasteiger partial charge in [0, 0.05) is 13.7 Å². The minimum atomic E-state index is -0.723. The summed E-state index contributed by atoms with van der Waals surface area (Å²) in [4.78, 5) is 23.1. The fourth-order valence-electron chi connectivity index (χ4n) is 1.49. The number of rotatable bonds is 7. The predicted molar refractivity (Wildman–Crippen MR) is 72.3 cm³/mol. The van der Waals surface area contributed by atoms with E-state index in [0.29, 0.717) is 6.54 Å². The van der Waals surface area contributed by atoms with Gasteiger partial charge in [0.2, 0.25) is 11.8 Å². The summed E-state index contributed by atoms with van der Waals surface area (Å²) in [5.41, 5.74) is 0.988. The Balaban J connectivity index is 2.52. The van der Waals surface area contributed by atoms with E-state index in [1.54, 1.807) is 0 Å². The molecule has 102 valence electrons. The van der Waals surface area contributed by atoms with E-state index in [2.05, 4.69) is 17.2 Å². The highest BCUT2D eigenvalue weighted by Crippen LogP contribution is 1.98. The second kappa shape index (κ2) is 8.05. The smallest absolute Gasteiger partial charge is 0.245 e. The highest BCUT2D eigenvalue weighted by Gasteiger charge is 2.19. The standard InChI is InChI=1S/C14H18N2O3/c1-3-13(17)16-12(10-19-2)14(18)15-9-11-7-5-4-6-8-11/h3-8,12H,1,9-10H2,2H3,(H,15,18)(H,16,17)/t12-/m0/s1. The Bertz CT molecular complexity index is 432. The molecule has 1 atom stereocenters. The van der Waals surface area contributed by atoms with E-state index in [0.717, 1.165) is 11.6 Å². The second-order valence-electron chi connectivity index (χ2n) is 3.92. The first-order chi connectivity index (χ1) is 9.17. The SMILES string of the molecule is C=CC(=O)N[C@@H](COC)C(=O)NCc1ccccc1. The van der Waals surface area contributed by atoms with Crippen molar-refractivity contribution in [2.75, 3.05) is 13.7 Å². The fraction of sp³-hybridized carbons (Fsp3) is 0.286. The molecular weight excluding hydrogens is 244 g/mol. The molecule has 2 amide bonds. The summed E-state index contributed by atoms with van der Waals surface area (Å²) in [6.45, 7) is 3.86. The molecule has 1 aromatic rings. The predicted octanol–water partition coefficient (Wildman–Crippen LogP) is 0.620. The molecule has 1 rings (SSSR count). The van der Waals surface area contributed by atoms with Crippen LogP contribution in [0.1, 0.15) is 5.56 Å². The normalized spacial score (nSPS) is 11.4. The van der Waals surface area contributed by atoms with Gasteiger partial charge in [-0.1, -0.05) is 36.9 Å². The summed E-state index contributed by atoms with van der Waals surface area (Å²) in [6, 6.07) is 8.80. The van der Waals surface area contributed by atoms with Crippen molar-refractivity contribution in [2.45, 2.75) is 12.6 Å². The van der Waals surface area contributed by atoms with Crippen LogP contribution in [0.15, 0.2) is 43.0 Å². The monoisotopic (exact) mass is 262 g/mol. The summed E-state index contributed by atoms with van der Waals surface area (Å²) in [5, 5.41) is 5.25. The van der Waals surface area contributed by atoms with Crippen LogP contribution in [-0.2, 0) is 20.9 Å². The maximum Gasteiger partial charge on any atom is 0.245 e. The van der Waals surface area contributed by atoms with Crippen molar-refractivity contribution in [3.8, 4) is 0 Å². The first-order valence-electron chi connectivity index (χ1n) is 5.91. The summed E-state index contributed by atoms with van der Waals surface area (Å²) in [6.07, 6.45) is 1.12. The van der Waals surface area contributed by atoms with Crippen molar-refractivity contribution in [3.63, 3.8) is 0 Å². The van der Waals surface area contributed by atoms with Gasteiger partial charge in [-0.25, -0.2) is 0 Å². The molecule has 0 fully saturated rings. The highest BCUT2D eigenvalue weighted by molar-refractivity contribution is 5.92. The minimum Gasteiger partial charge on any atom is -0.382 e. The lowest BCUT2D eigenvalue weighted by molar-refractivity contribution is -0.128. The van der Waals surface area contributed by atoms with Crippen LogP contribution < -0.4 is 10.6 Å². The average Bonchev–Trinajstić information content (AvgIpc) is 2.45. The summed E-state index contributed by atoms with van der Waals surface area (Å²) < 4.78 is 4.91. The summed E-state index contributed by atoms with van der Waals surface area (Å²) in [7, 11) is 1.47. The van der Waals surface area contributed by atoms with Crippen LogP contribution in [0.25, 0.3) is 0 Å². The van der Waals surface area contributed by atoms with Crippen LogP contribution in [0.5, 0.6) is 0 Å². The lowest BCUT2D eigenvalue weighted by Gasteiger charge is -2.16. The Hall–Kier alpha value is -2.14.